The monoisotopic (exact) mass is 508 g/mol. The van der Waals surface area contributed by atoms with Crippen LogP contribution in [-0.4, -0.2) is 36.6 Å². The van der Waals surface area contributed by atoms with Crippen molar-refractivity contribution in [1.82, 2.24) is 10.7 Å². The Kier molecular flexibility index (Phi) is 9.02. The highest BCUT2D eigenvalue weighted by molar-refractivity contribution is 9.10. The van der Waals surface area contributed by atoms with Gasteiger partial charge in [-0.1, -0.05) is 25.4 Å². The van der Waals surface area contributed by atoms with Crippen LogP contribution in [0, 0.1) is 5.92 Å². The number of carbonyl (C=O) groups is 3. The third-order valence-corrected chi connectivity index (χ3v) is 4.93. The number of primary amides is 1. The SMILES string of the molecule is CC(C)C(NC(=O)c1ccc(Cl)cc1)C(=O)NN=Cc1ccc(OCC(N)=O)c(Br)c1. The zero-order valence-corrected chi connectivity index (χ0v) is 19.2. The highest BCUT2D eigenvalue weighted by Crippen LogP contribution is 2.25. The van der Waals surface area contributed by atoms with E-state index < -0.39 is 17.9 Å². The standard InChI is InChI=1S/C21H22BrClN4O4/c1-12(2)19(26-20(29)14-4-6-15(23)7-5-14)21(30)27-25-10-13-3-8-17(16(22)9-13)31-11-18(24)28/h3-10,12,19H,11H2,1-2H3,(H2,24,28)(H,26,29)(H,27,30). The number of hydrogen-bond acceptors (Lipinski definition) is 5. The van der Waals surface area contributed by atoms with Crippen molar-refractivity contribution >= 4 is 51.5 Å². The molecular weight excluding hydrogens is 488 g/mol. The van der Waals surface area contributed by atoms with E-state index in [4.69, 9.17) is 22.1 Å². The maximum Gasteiger partial charge on any atom is 0.262 e. The Morgan fingerprint density at radius 2 is 1.87 bits per heavy atom. The van der Waals surface area contributed by atoms with Crippen LogP contribution in [0.4, 0.5) is 0 Å². The Morgan fingerprint density at radius 3 is 2.45 bits per heavy atom. The van der Waals surface area contributed by atoms with Crippen molar-refractivity contribution in [2.24, 2.45) is 16.8 Å². The van der Waals surface area contributed by atoms with Gasteiger partial charge in [-0.2, -0.15) is 5.10 Å². The number of benzene rings is 2. The predicted octanol–water partition coefficient (Wildman–Crippen LogP) is 2.87. The number of nitrogens with one attached hydrogen (secondary N) is 2. The first-order valence-electron chi connectivity index (χ1n) is 9.27. The summed E-state index contributed by atoms with van der Waals surface area (Å²) in [4.78, 5) is 35.8. The van der Waals surface area contributed by atoms with E-state index in [1.807, 2.05) is 13.8 Å². The van der Waals surface area contributed by atoms with E-state index in [0.29, 0.717) is 26.4 Å². The molecule has 1 unspecified atom stereocenters. The van der Waals surface area contributed by atoms with Gasteiger partial charge in [0.05, 0.1) is 10.7 Å². The first-order chi connectivity index (χ1) is 14.7. The zero-order chi connectivity index (χ0) is 23.0. The number of hydrazone groups is 1. The van der Waals surface area contributed by atoms with Gasteiger partial charge >= 0.3 is 0 Å². The smallest absolute Gasteiger partial charge is 0.262 e. The summed E-state index contributed by atoms with van der Waals surface area (Å²) < 4.78 is 5.85. The van der Waals surface area contributed by atoms with Gasteiger partial charge in [0.2, 0.25) is 0 Å². The minimum Gasteiger partial charge on any atom is -0.483 e. The fraction of sp³-hybridized carbons (Fsp3) is 0.238. The Bertz CT molecular complexity index is 980. The molecule has 0 aliphatic carbocycles. The van der Waals surface area contributed by atoms with E-state index in [1.165, 1.54) is 6.21 Å². The number of rotatable bonds is 9. The lowest BCUT2D eigenvalue weighted by Crippen LogP contribution is -2.48. The van der Waals surface area contributed by atoms with Crippen LogP contribution >= 0.6 is 27.5 Å². The highest BCUT2D eigenvalue weighted by Gasteiger charge is 2.24. The Hall–Kier alpha value is -2.91. The second-order valence-electron chi connectivity index (χ2n) is 6.88. The molecule has 0 bridgehead atoms. The maximum atomic E-state index is 12.5. The lowest BCUT2D eigenvalue weighted by Gasteiger charge is -2.20. The number of ether oxygens (including phenoxy) is 1. The number of hydrogen-bond donors (Lipinski definition) is 3. The second-order valence-corrected chi connectivity index (χ2v) is 8.17. The van der Waals surface area contributed by atoms with Crippen LogP contribution in [0.2, 0.25) is 5.02 Å². The van der Waals surface area contributed by atoms with Crippen LogP contribution in [0.1, 0.15) is 29.8 Å². The molecule has 0 saturated carbocycles. The van der Waals surface area contributed by atoms with Crippen LogP contribution in [0.3, 0.4) is 0 Å². The van der Waals surface area contributed by atoms with Crippen molar-refractivity contribution in [3.63, 3.8) is 0 Å². The van der Waals surface area contributed by atoms with Crippen molar-refractivity contribution < 1.29 is 19.1 Å². The van der Waals surface area contributed by atoms with E-state index in [2.05, 4.69) is 31.8 Å². The molecule has 0 fully saturated rings. The Morgan fingerprint density at radius 1 is 1.19 bits per heavy atom. The largest absolute Gasteiger partial charge is 0.483 e. The topological polar surface area (TPSA) is 123 Å². The molecule has 0 aliphatic heterocycles. The summed E-state index contributed by atoms with van der Waals surface area (Å²) in [5, 5.41) is 7.18. The molecule has 10 heteroatoms. The minimum atomic E-state index is -0.781. The molecule has 2 aromatic rings. The fourth-order valence-electron chi connectivity index (χ4n) is 2.46. The summed E-state index contributed by atoms with van der Waals surface area (Å²) >= 11 is 9.17. The van der Waals surface area contributed by atoms with Gasteiger partial charge < -0.3 is 15.8 Å². The number of nitrogens with zero attached hydrogens (tertiary/aromatic N) is 1. The van der Waals surface area contributed by atoms with Crippen molar-refractivity contribution in [1.29, 1.82) is 0 Å². The number of amides is 3. The van der Waals surface area contributed by atoms with Gasteiger partial charge in [-0.15, -0.1) is 0 Å². The lowest BCUT2D eigenvalue weighted by atomic mass is 10.0. The molecule has 31 heavy (non-hydrogen) atoms. The molecule has 2 rings (SSSR count). The Labute approximate surface area is 193 Å². The molecule has 0 aromatic heterocycles. The third-order valence-electron chi connectivity index (χ3n) is 4.06. The molecule has 164 valence electrons. The molecule has 3 amide bonds. The lowest BCUT2D eigenvalue weighted by molar-refractivity contribution is -0.124. The van der Waals surface area contributed by atoms with E-state index in [-0.39, 0.29) is 18.4 Å². The molecule has 2 aromatic carbocycles. The summed E-state index contributed by atoms with van der Waals surface area (Å²) in [6, 6.07) is 10.6. The number of halogens is 2. The first kappa shape index (κ1) is 24.4. The van der Waals surface area contributed by atoms with Crippen molar-refractivity contribution in [2.45, 2.75) is 19.9 Å². The van der Waals surface area contributed by atoms with Gasteiger partial charge in [0.15, 0.2) is 6.61 Å². The fourth-order valence-corrected chi connectivity index (χ4v) is 3.10. The quantitative estimate of drug-likeness (QED) is 0.355. The summed E-state index contributed by atoms with van der Waals surface area (Å²) in [7, 11) is 0. The average molecular weight is 510 g/mol. The average Bonchev–Trinajstić information content (AvgIpc) is 2.71. The van der Waals surface area contributed by atoms with Crippen LogP contribution < -0.4 is 21.2 Å². The second kappa shape index (κ2) is 11.5. The van der Waals surface area contributed by atoms with Gasteiger partial charge in [0.1, 0.15) is 11.8 Å². The normalized spacial score (nSPS) is 11.9. The van der Waals surface area contributed by atoms with Gasteiger partial charge in [0, 0.05) is 10.6 Å². The van der Waals surface area contributed by atoms with Crippen LogP contribution in [0.25, 0.3) is 0 Å². The van der Waals surface area contributed by atoms with Gasteiger partial charge in [-0.05, 0) is 69.9 Å². The summed E-state index contributed by atoms with van der Waals surface area (Å²) in [5.41, 5.74) is 8.57. The number of carbonyl (C=O) groups excluding carboxylic acids is 3. The predicted molar refractivity (Wildman–Crippen MR) is 122 cm³/mol. The molecule has 0 aliphatic rings. The van der Waals surface area contributed by atoms with Crippen LogP contribution in [0.5, 0.6) is 5.75 Å². The molecule has 0 saturated heterocycles. The van der Waals surface area contributed by atoms with Crippen LogP contribution in [0.15, 0.2) is 52.0 Å². The molecule has 0 spiro atoms. The van der Waals surface area contributed by atoms with Crippen molar-refractivity contribution in [3.05, 3.63) is 63.1 Å². The summed E-state index contributed by atoms with van der Waals surface area (Å²) in [6.45, 7) is 3.40. The van der Waals surface area contributed by atoms with Gasteiger partial charge in [0.25, 0.3) is 17.7 Å². The molecule has 1 atom stereocenters. The molecule has 0 heterocycles. The summed E-state index contributed by atoms with van der Waals surface area (Å²) in [6.07, 6.45) is 1.44. The Balaban J connectivity index is 1.98. The van der Waals surface area contributed by atoms with E-state index in [9.17, 15) is 14.4 Å². The van der Waals surface area contributed by atoms with E-state index in [1.54, 1.807) is 42.5 Å². The van der Waals surface area contributed by atoms with E-state index in [0.717, 1.165) is 0 Å². The minimum absolute atomic E-state index is 0.165. The van der Waals surface area contributed by atoms with Gasteiger partial charge in [-0.25, -0.2) is 5.43 Å². The molecule has 4 N–H and O–H groups in total. The molecule has 8 nitrogen and oxygen atoms in total. The van der Waals surface area contributed by atoms with Crippen LogP contribution in [-0.2, 0) is 9.59 Å². The maximum absolute atomic E-state index is 12.5. The molecular formula is C21H22BrClN4O4. The number of nitrogens with two attached hydrogens (primary N) is 1. The van der Waals surface area contributed by atoms with Crippen molar-refractivity contribution in [2.75, 3.05) is 6.61 Å². The van der Waals surface area contributed by atoms with Crippen molar-refractivity contribution in [3.8, 4) is 5.75 Å². The van der Waals surface area contributed by atoms with E-state index >= 15 is 0 Å². The molecule has 0 radical (unpaired) electrons. The zero-order valence-electron chi connectivity index (χ0n) is 16.9. The summed E-state index contributed by atoms with van der Waals surface area (Å²) in [5.74, 6) is -1.13. The first-order valence-corrected chi connectivity index (χ1v) is 10.4. The van der Waals surface area contributed by atoms with Gasteiger partial charge in [-0.3, -0.25) is 14.4 Å². The third kappa shape index (κ3) is 7.69. The highest BCUT2D eigenvalue weighted by atomic mass is 79.9.